The summed E-state index contributed by atoms with van der Waals surface area (Å²) in [6.45, 7) is 1.86. The van der Waals surface area contributed by atoms with Crippen LogP contribution in [-0.2, 0) is 21.2 Å². The standard InChI is InChI=1S/C20H18BrClN2O3S2/c1-13-7-8-15(12-16(13)22)23-20(25)17(11-14-5-3-2-4-6-14)24-29(26,27)19-10-9-18(21)28-19/h2-10,12,17,24H,11H2,1H3,(H,23,25)/t17-/m0/s1. The Bertz CT molecular complexity index is 1120. The van der Waals surface area contributed by atoms with Gasteiger partial charge in [-0.15, -0.1) is 11.3 Å². The van der Waals surface area contributed by atoms with Crippen LogP contribution in [0.3, 0.4) is 0 Å². The molecule has 1 atom stereocenters. The van der Waals surface area contributed by atoms with Crippen LogP contribution in [0.4, 0.5) is 5.69 Å². The molecule has 0 aliphatic rings. The van der Waals surface area contributed by atoms with E-state index in [0.717, 1.165) is 22.5 Å². The molecule has 1 aromatic heterocycles. The predicted molar refractivity (Wildman–Crippen MR) is 121 cm³/mol. The van der Waals surface area contributed by atoms with E-state index in [0.29, 0.717) is 14.5 Å². The van der Waals surface area contributed by atoms with Crippen LogP contribution < -0.4 is 10.0 Å². The lowest BCUT2D eigenvalue weighted by Crippen LogP contribution is -2.45. The second kappa shape index (κ2) is 9.40. The van der Waals surface area contributed by atoms with E-state index >= 15 is 0 Å². The van der Waals surface area contributed by atoms with Crippen molar-refractivity contribution < 1.29 is 13.2 Å². The first-order valence-corrected chi connectivity index (χ1v) is 12.1. The Morgan fingerprint density at radius 3 is 2.48 bits per heavy atom. The number of halogens is 2. The molecule has 5 nitrogen and oxygen atoms in total. The highest BCUT2D eigenvalue weighted by Crippen LogP contribution is 2.26. The average Bonchev–Trinajstić information content (AvgIpc) is 3.12. The number of hydrogen-bond acceptors (Lipinski definition) is 4. The third-order valence-electron chi connectivity index (χ3n) is 4.15. The second-order valence-corrected chi connectivity index (χ2v) is 11.2. The first-order chi connectivity index (χ1) is 13.7. The summed E-state index contributed by atoms with van der Waals surface area (Å²) in [5.41, 5.74) is 2.22. The quantitative estimate of drug-likeness (QED) is 0.467. The summed E-state index contributed by atoms with van der Waals surface area (Å²) in [5.74, 6) is -0.465. The van der Waals surface area contributed by atoms with Gasteiger partial charge in [0.2, 0.25) is 5.91 Å². The summed E-state index contributed by atoms with van der Waals surface area (Å²) in [6, 6.07) is 16.5. The topological polar surface area (TPSA) is 75.3 Å². The normalized spacial score (nSPS) is 12.5. The van der Waals surface area contributed by atoms with Crippen LogP contribution in [-0.4, -0.2) is 20.4 Å². The summed E-state index contributed by atoms with van der Waals surface area (Å²) in [5, 5.41) is 3.27. The average molecular weight is 514 g/mol. The zero-order chi connectivity index (χ0) is 21.0. The number of benzene rings is 2. The first-order valence-electron chi connectivity index (χ1n) is 8.63. The number of sulfonamides is 1. The van der Waals surface area contributed by atoms with Crippen LogP contribution >= 0.6 is 38.9 Å². The lowest BCUT2D eigenvalue weighted by atomic mass is 10.1. The molecule has 0 bridgehead atoms. The fourth-order valence-electron chi connectivity index (χ4n) is 2.63. The van der Waals surface area contributed by atoms with Gasteiger partial charge >= 0.3 is 0 Å². The molecule has 1 amide bonds. The van der Waals surface area contributed by atoms with Crippen LogP contribution in [0, 0.1) is 6.92 Å². The van der Waals surface area contributed by atoms with Crippen molar-refractivity contribution >= 4 is 60.5 Å². The van der Waals surface area contributed by atoms with E-state index in [1.807, 2.05) is 37.3 Å². The maximum Gasteiger partial charge on any atom is 0.250 e. The van der Waals surface area contributed by atoms with E-state index in [2.05, 4.69) is 26.0 Å². The Morgan fingerprint density at radius 2 is 1.86 bits per heavy atom. The van der Waals surface area contributed by atoms with E-state index in [9.17, 15) is 13.2 Å². The maximum atomic E-state index is 12.9. The highest BCUT2D eigenvalue weighted by atomic mass is 79.9. The predicted octanol–water partition coefficient (Wildman–Crippen LogP) is 5.00. The molecular formula is C20H18BrClN2O3S2. The molecule has 0 saturated heterocycles. The lowest BCUT2D eigenvalue weighted by Gasteiger charge is -2.18. The SMILES string of the molecule is Cc1ccc(NC(=O)[C@H](Cc2ccccc2)NS(=O)(=O)c2ccc(Br)s2)cc1Cl. The third-order valence-corrected chi connectivity index (χ3v) is 8.14. The summed E-state index contributed by atoms with van der Waals surface area (Å²) < 4.78 is 28.9. The van der Waals surface area contributed by atoms with Gasteiger partial charge in [-0.25, -0.2) is 8.42 Å². The van der Waals surface area contributed by atoms with E-state index in [1.54, 1.807) is 24.3 Å². The van der Waals surface area contributed by atoms with E-state index in [4.69, 9.17) is 11.6 Å². The van der Waals surface area contributed by atoms with E-state index in [-0.39, 0.29) is 10.6 Å². The molecule has 0 aliphatic heterocycles. The van der Waals surface area contributed by atoms with Gasteiger partial charge in [-0.1, -0.05) is 48.0 Å². The molecule has 29 heavy (non-hydrogen) atoms. The maximum absolute atomic E-state index is 12.9. The summed E-state index contributed by atoms with van der Waals surface area (Å²) >= 11 is 10.5. The Morgan fingerprint density at radius 1 is 1.14 bits per heavy atom. The zero-order valence-corrected chi connectivity index (χ0v) is 19.3. The molecule has 3 aromatic rings. The molecule has 0 saturated carbocycles. The van der Waals surface area contributed by atoms with Gasteiger partial charge in [-0.05, 0) is 64.7 Å². The van der Waals surface area contributed by atoms with Gasteiger partial charge in [0.25, 0.3) is 10.0 Å². The van der Waals surface area contributed by atoms with Gasteiger partial charge in [0.15, 0.2) is 0 Å². The number of amides is 1. The molecular weight excluding hydrogens is 496 g/mol. The summed E-state index contributed by atoms with van der Waals surface area (Å²) in [7, 11) is -3.86. The van der Waals surface area contributed by atoms with Gasteiger partial charge in [-0.3, -0.25) is 4.79 Å². The Balaban J connectivity index is 1.85. The molecule has 152 valence electrons. The second-order valence-electron chi connectivity index (χ2n) is 6.38. The van der Waals surface area contributed by atoms with Crippen LogP contribution in [0.25, 0.3) is 0 Å². The monoisotopic (exact) mass is 512 g/mol. The number of carbonyl (C=O) groups excluding carboxylic acids is 1. The van der Waals surface area contributed by atoms with Crippen molar-refractivity contribution in [2.24, 2.45) is 0 Å². The largest absolute Gasteiger partial charge is 0.325 e. The summed E-state index contributed by atoms with van der Waals surface area (Å²) in [4.78, 5) is 12.9. The highest BCUT2D eigenvalue weighted by Gasteiger charge is 2.27. The molecule has 1 heterocycles. The van der Waals surface area contributed by atoms with Gasteiger partial charge in [0.05, 0.1) is 3.79 Å². The van der Waals surface area contributed by atoms with Crippen LogP contribution in [0.2, 0.25) is 5.02 Å². The molecule has 0 spiro atoms. The molecule has 3 rings (SSSR count). The van der Waals surface area contributed by atoms with Crippen molar-refractivity contribution in [3.8, 4) is 0 Å². The third kappa shape index (κ3) is 5.90. The Hall–Kier alpha value is -1.71. The van der Waals surface area contributed by atoms with E-state index in [1.165, 1.54) is 6.07 Å². The number of anilines is 1. The highest BCUT2D eigenvalue weighted by molar-refractivity contribution is 9.11. The number of aryl methyl sites for hydroxylation is 1. The minimum atomic E-state index is -3.86. The number of hydrogen-bond donors (Lipinski definition) is 2. The van der Waals surface area contributed by atoms with Crippen LogP contribution in [0.1, 0.15) is 11.1 Å². The minimum absolute atomic E-state index is 0.133. The lowest BCUT2D eigenvalue weighted by molar-refractivity contribution is -0.117. The molecule has 2 N–H and O–H groups in total. The number of carbonyl (C=O) groups is 1. The van der Waals surface area contributed by atoms with Crippen molar-refractivity contribution in [2.45, 2.75) is 23.6 Å². The van der Waals surface area contributed by atoms with E-state index < -0.39 is 22.0 Å². The van der Waals surface area contributed by atoms with Crippen LogP contribution in [0.5, 0.6) is 0 Å². The van der Waals surface area contributed by atoms with Crippen LogP contribution in [0.15, 0.2) is 68.7 Å². The minimum Gasteiger partial charge on any atom is -0.325 e. The van der Waals surface area contributed by atoms with Crippen molar-refractivity contribution in [2.75, 3.05) is 5.32 Å². The number of nitrogens with one attached hydrogen (secondary N) is 2. The molecule has 9 heteroatoms. The Kier molecular flexibility index (Phi) is 7.13. The van der Waals surface area contributed by atoms with Gasteiger partial charge in [-0.2, -0.15) is 4.72 Å². The summed E-state index contributed by atoms with van der Waals surface area (Å²) in [6.07, 6.45) is 0.206. The number of thiophene rings is 1. The molecule has 0 aliphatic carbocycles. The zero-order valence-electron chi connectivity index (χ0n) is 15.4. The fourth-order valence-corrected chi connectivity index (χ4v) is 6.03. The number of rotatable bonds is 7. The molecule has 2 aromatic carbocycles. The first kappa shape index (κ1) is 22.0. The van der Waals surface area contributed by atoms with Crippen molar-refractivity contribution in [1.82, 2.24) is 4.72 Å². The van der Waals surface area contributed by atoms with Gasteiger partial charge in [0, 0.05) is 10.7 Å². The van der Waals surface area contributed by atoms with Gasteiger partial charge in [0.1, 0.15) is 10.3 Å². The van der Waals surface area contributed by atoms with Crippen molar-refractivity contribution in [3.05, 3.63) is 80.6 Å². The van der Waals surface area contributed by atoms with Crippen molar-refractivity contribution in [1.29, 1.82) is 0 Å². The Labute approximate surface area is 187 Å². The van der Waals surface area contributed by atoms with Gasteiger partial charge < -0.3 is 5.32 Å². The molecule has 0 unspecified atom stereocenters. The molecule has 0 radical (unpaired) electrons. The fraction of sp³-hybridized carbons (Fsp3) is 0.150. The smallest absolute Gasteiger partial charge is 0.250 e. The molecule has 0 fully saturated rings. The van der Waals surface area contributed by atoms with Crippen molar-refractivity contribution in [3.63, 3.8) is 0 Å².